The van der Waals surface area contributed by atoms with Crippen LogP contribution in [-0.4, -0.2) is 15.8 Å². The van der Waals surface area contributed by atoms with Crippen LogP contribution < -0.4 is 5.32 Å². The van der Waals surface area contributed by atoms with Crippen molar-refractivity contribution >= 4 is 11.6 Å². The van der Waals surface area contributed by atoms with Crippen LogP contribution in [0.1, 0.15) is 37.9 Å². The maximum absolute atomic E-state index is 6.14. The highest BCUT2D eigenvalue weighted by Gasteiger charge is 2.11. The summed E-state index contributed by atoms with van der Waals surface area (Å²) in [5.74, 6) is 0. The summed E-state index contributed by atoms with van der Waals surface area (Å²) in [4.78, 5) is 0. The van der Waals surface area contributed by atoms with Gasteiger partial charge >= 0.3 is 0 Å². The number of nitrogens with one attached hydrogen (secondary N) is 1. The summed E-state index contributed by atoms with van der Waals surface area (Å²) in [6.07, 6.45) is 2.39. The minimum Gasteiger partial charge on any atom is -0.310 e. The van der Waals surface area contributed by atoms with Gasteiger partial charge in [0.15, 0.2) is 0 Å². The molecule has 0 fully saturated rings. The van der Waals surface area contributed by atoms with Gasteiger partial charge in [-0.2, -0.15) is 5.10 Å². The average molecular weight is 230 g/mol. The third-order valence-electron chi connectivity index (χ3n) is 2.62. The third-order valence-corrected chi connectivity index (χ3v) is 3.09. The molecule has 0 aliphatic rings. The zero-order valence-electron chi connectivity index (χ0n) is 9.97. The summed E-state index contributed by atoms with van der Waals surface area (Å²) in [6, 6.07) is 0.533. The van der Waals surface area contributed by atoms with Crippen molar-refractivity contribution in [2.45, 2.75) is 46.2 Å². The van der Waals surface area contributed by atoms with Gasteiger partial charge in [0.1, 0.15) is 5.15 Å². The molecule has 4 heteroatoms. The van der Waals surface area contributed by atoms with Crippen molar-refractivity contribution in [2.24, 2.45) is 7.05 Å². The number of rotatable bonds is 5. The Morgan fingerprint density at radius 3 is 2.67 bits per heavy atom. The van der Waals surface area contributed by atoms with E-state index in [0.717, 1.165) is 23.0 Å². The van der Waals surface area contributed by atoms with Gasteiger partial charge in [-0.3, -0.25) is 4.68 Å². The van der Waals surface area contributed by atoms with Gasteiger partial charge in [0.05, 0.1) is 5.69 Å². The lowest BCUT2D eigenvalue weighted by Crippen LogP contribution is -2.25. The molecule has 1 atom stereocenters. The molecular formula is C11H20ClN3. The first kappa shape index (κ1) is 12.5. The predicted molar refractivity (Wildman–Crippen MR) is 64.2 cm³/mol. The van der Waals surface area contributed by atoms with Crippen molar-refractivity contribution in [3.05, 3.63) is 16.4 Å². The fourth-order valence-corrected chi connectivity index (χ4v) is 1.93. The minimum absolute atomic E-state index is 0.533. The molecule has 0 amide bonds. The Labute approximate surface area is 96.8 Å². The zero-order valence-corrected chi connectivity index (χ0v) is 10.7. The van der Waals surface area contributed by atoms with Crippen LogP contribution >= 0.6 is 11.6 Å². The lowest BCUT2D eigenvalue weighted by molar-refractivity contribution is 0.508. The molecule has 15 heavy (non-hydrogen) atoms. The van der Waals surface area contributed by atoms with Crippen molar-refractivity contribution in [3.8, 4) is 0 Å². The molecule has 0 aromatic carbocycles. The molecule has 0 saturated carbocycles. The van der Waals surface area contributed by atoms with E-state index in [4.69, 9.17) is 11.6 Å². The van der Waals surface area contributed by atoms with Crippen molar-refractivity contribution in [2.75, 3.05) is 0 Å². The van der Waals surface area contributed by atoms with Gasteiger partial charge in [-0.1, -0.05) is 24.9 Å². The lowest BCUT2D eigenvalue weighted by atomic mass is 10.2. The number of nitrogens with zero attached hydrogens (tertiary/aromatic N) is 2. The van der Waals surface area contributed by atoms with E-state index in [1.54, 1.807) is 4.68 Å². The monoisotopic (exact) mass is 229 g/mol. The highest BCUT2D eigenvalue weighted by molar-refractivity contribution is 6.30. The second kappa shape index (κ2) is 5.52. The molecule has 3 nitrogen and oxygen atoms in total. The van der Waals surface area contributed by atoms with Crippen molar-refractivity contribution in [1.82, 2.24) is 15.1 Å². The van der Waals surface area contributed by atoms with Crippen LogP contribution in [0, 0.1) is 6.92 Å². The molecule has 86 valence electrons. The fourth-order valence-electron chi connectivity index (χ4n) is 1.69. The molecule has 0 bridgehead atoms. The van der Waals surface area contributed by atoms with Crippen LogP contribution in [0.3, 0.4) is 0 Å². The second-order valence-electron chi connectivity index (χ2n) is 4.05. The number of hydrogen-bond donors (Lipinski definition) is 1. The van der Waals surface area contributed by atoms with Gasteiger partial charge < -0.3 is 5.32 Å². The van der Waals surface area contributed by atoms with Gasteiger partial charge in [0.25, 0.3) is 0 Å². The Balaban J connectivity index is 2.57. The first-order chi connectivity index (χ1) is 7.06. The summed E-state index contributed by atoms with van der Waals surface area (Å²) < 4.78 is 1.72. The zero-order chi connectivity index (χ0) is 11.4. The van der Waals surface area contributed by atoms with Crippen LogP contribution in [-0.2, 0) is 13.6 Å². The van der Waals surface area contributed by atoms with Crippen LogP contribution in [0.5, 0.6) is 0 Å². The molecule has 0 aliphatic carbocycles. The Hall–Kier alpha value is -0.540. The summed E-state index contributed by atoms with van der Waals surface area (Å²) in [6.45, 7) is 7.19. The molecule has 0 aliphatic heterocycles. The summed E-state index contributed by atoms with van der Waals surface area (Å²) in [5, 5.41) is 8.48. The van der Waals surface area contributed by atoms with Crippen molar-refractivity contribution in [3.63, 3.8) is 0 Å². The van der Waals surface area contributed by atoms with E-state index in [-0.39, 0.29) is 0 Å². The average Bonchev–Trinajstić information content (AvgIpc) is 2.40. The smallest absolute Gasteiger partial charge is 0.131 e. The number of aryl methyl sites for hydroxylation is 2. The quantitative estimate of drug-likeness (QED) is 0.842. The highest BCUT2D eigenvalue weighted by atomic mass is 35.5. The van der Waals surface area contributed by atoms with Gasteiger partial charge in [-0.15, -0.1) is 0 Å². The van der Waals surface area contributed by atoms with E-state index in [1.807, 2.05) is 14.0 Å². The van der Waals surface area contributed by atoms with Gasteiger partial charge in [-0.05, 0) is 20.3 Å². The SMILES string of the molecule is CCCC(C)NCc1c(C)nn(C)c1Cl. The topological polar surface area (TPSA) is 29.9 Å². The molecule has 0 radical (unpaired) electrons. The second-order valence-corrected chi connectivity index (χ2v) is 4.41. The number of hydrogen-bond acceptors (Lipinski definition) is 2. The minimum atomic E-state index is 0.533. The normalized spacial score (nSPS) is 13.1. The summed E-state index contributed by atoms with van der Waals surface area (Å²) in [5.41, 5.74) is 2.13. The summed E-state index contributed by atoms with van der Waals surface area (Å²) >= 11 is 6.14. The van der Waals surface area contributed by atoms with Gasteiger partial charge in [0.2, 0.25) is 0 Å². The van der Waals surface area contributed by atoms with Crippen molar-refractivity contribution < 1.29 is 0 Å². The largest absolute Gasteiger partial charge is 0.310 e. The van der Waals surface area contributed by atoms with E-state index in [0.29, 0.717) is 6.04 Å². The maximum atomic E-state index is 6.14. The first-order valence-corrected chi connectivity index (χ1v) is 5.85. The molecule has 1 aromatic rings. The molecule has 1 aromatic heterocycles. The van der Waals surface area contributed by atoms with E-state index in [9.17, 15) is 0 Å². The van der Waals surface area contributed by atoms with Crippen LogP contribution in [0.2, 0.25) is 5.15 Å². The number of halogens is 1. The van der Waals surface area contributed by atoms with E-state index < -0.39 is 0 Å². The van der Waals surface area contributed by atoms with Gasteiger partial charge in [0, 0.05) is 25.2 Å². The first-order valence-electron chi connectivity index (χ1n) is 5.47. The highest BCUT2D eigenvalue weighted by Crippen LogP contribution is 2.18. The maximum Gasteiger partial charge on any atom is 0.131 e. The predicted octanol–water partition coefficient (Wildman–Crippen LogP) is 2.66. The molecule has 1 rings (SSSR count). The number of aromatic nitrogens is 2. The molecular weight excluding hydrogens is 210 g/mol. The molecule has 1 N–H and O–H groups in total. The van der Waals surface area contributed by atoms with Crippen LogP contribution in [0.25, 0.3) is 0 Å². The Morgan fingerprint density at radius 2 is 2.20 bits per heavy atom. The lowest BCUT2D eigenvalue weighted by Gasteiger charge is -2.12. The molecule has 0 spiro atoms. The molecule has 0 saturated heterocycles. The molecule has 1 unspecified atom stereocenters. The van der Waals surface area contributed by atoms with Crippen LogP contribution in [0.4, 0.5) is 0 Å². The van der Waals surface area contributed by atoms with E-state index in [1.165, 1.54) is 12.8 Å². The standard InChI is InChI=1S/C11H20ClN3/c1-5-6-8(2)13-7-10-9(3)14-15(4)11(10)12/h8,13H,5-7H2,1-4H3. The Bertz CT molecular complexity index is 320. The Morgan fingerprint density at radius 1 is 1.53 bits per heavy atom. The van der Waals surface area contributed by atoms with E-state index >= 15 is 0 Å². The van der Waals surface area contributed by atoms with Crippen LogP contribution in [0.15, 0.2) is 0 Å². The molecule has 1 heterocycles. The van der Waals surface area contributed by atoms with E-state index in [2.05, 4.69) is 24.3 Å². The third kappa shape index (κ3) is 3.21. The summed E-state index contributed by atoms with van der Waals surface area (Å²) in [7, 11) is 1.87. The Kier molecular flexibility index (Phi) is 4.61. The fraction of sp³-hybridized carbons (Fsp3) is 0.727. The van der Waals surface area contributed by atoms with Crippen molar-refractivity contribution in [1.29, 1.82) is 0 Å². The van der Waals surface area contributed by atoms with Gasteiger partial charge in [-0.25, -0.2) is 0 Å².